The van der Waals surface area contributed by atoms with E-state index in [1.807, 2.05) is 49.1 Å². The average Bonchev–Trinajstić information content (AvgIpc) is 2.99. The summed E-state index contributed by atoms with van der Waals surface area (Å²) >= 11 is 0. The molecule has 2 heterocycles. The molecule has 4 aromatic rings. The molecule has 0 aliphatic rings. The van der Waals surface area contributed by atoms with Crippen molar-refractivity contribution in [3.05, 3.63) is 140 Å². The quantitative estimate of drug-likeness (QED) is 0.0984. The summed E-state index contributed by atoms with van der Waals surface area (Å²) in [6.07, 6.45) is 12.0. The van der Waals surface area contributed by atoms with Gasteiger partial charge in [0, 0.05) is 59.7 Å². The van der Waals surface area contributed by atoms with Gasteiger partial charge in [-0.05, 0) is 11.1 Å². The maximum absolute atomic E-state index is 10.9. The van der Waals surface area contributed by atoms with Crippen LogP contribution in [-0.2, 0) is 36.0 Å². The van der Waals surface area contributed by atoms with Crippen LogP contribution in [0, 0.1) is 20.2 Å². The van der Waals surface area contributed by atoms with E-state index in [0.29, 0.717) is 11.1 Å². The van der Waals surface area contributed by atoms with Crippen molar-refractivity contribution < 1.29 is 28.7 Å². The molecule has 0 aliphatic heterocycles. The summed E-state index contributed by atoms with van der Waals surface area (Å²) in [6, 6.07) is 20.3. The standard InChI is InChI=1S/C29H28N6O6/c36-34(37)28-6-1-4-26(18-28)22-40-30-20-24-8-14-32(15-9-24)12-3-13-33-16-10-25(11-17-33)21-31-41-23-27-5-2-7-29(19-27)35(38)39/h1-2,4-11,14-21H,3,12-13,22-23H2/q+2/b30-20+,31-21+. The van der Waals surface area contributed by atoms with Crippen molar-refractivity contribution in [2.75, 3.05) is 0 Å². The lowest BCUT2D eigenvalue weighted by Gasteiger charge is -2.00. The molecule has 0 bridgehead atoms. The van der Waals surface area contributed by atoms with Crippen LogP contribution in [0.25, 0.3) is 0 Å². The van der Waals surface area contributed by atoms with Crippen LogP contribution in [0.2, 0.25) is 0 Å². The lowest BCUT2D eigenvalue weighted by atomic mass is 10.2. The summed E-state index contributed by atoms with van der Waals surface area (Å²) in [4.78, 5) is 31.4. The Morgan fingerprint density at radius 2 is 1.07 bits per heavy atom. The number of rotatable bonds is 14. The molecule has 208 valence electrons. The minimum absolute atomic E-state index is 0.0204. The van der Waals surface area contributed by atoms with E-state index in [-0.39, 0.29) is 24.6 Å². The molecular weight excluding hydrogens is 528 g/mol. The van der Waals surface area contributed by atoms with Gasteiger partial charge in [0.05, 0.1) is 28.7 Å². The van der Waals surface area contributed by atoms with Gasteiger partial charge >= 0.3 is 0 Å². The number of nitro benzene ring substituents is 2. The molecule has 0 radical (unpaired) electrons. The molecule has 2 aromatic heterocycles. The summed E-state index contributed by atoms with van der Waals surface area (Å²) in [7, 11) is 0. The SMILES string of the molecule is O=[N+]([O-])c1cccc(CO/N=C/c2cc[n+](CCC[n+]3ccc(/C=N/OCc4cccc([N+](=O)[O-])c4)cc3)cc2)c1. The summed E-state index contributed by atoms with van der Waals surface area (Å²) < 4.78 is 4.17. The number of aryl methyl sites for hydroxylation is 2. The average molecular weight is 557 g/mol. The van der Waals surface area contributed by atoms with Crippen LogP contribution >= 0.6 is 0 Å². The van der Waals surface area contributed by atoms with Crippen LogP contribution in [0.4, 0.5) is 11.4 Å². The van der Waals surface area contributed by atoms with E-state index >= 15 is 0 Å². The first-order valence-electron chi connectivity index (χ1n) is 12.7. The highest BCUT2D eigenvalue weighted by Crippen LogP contribution is 2.14. The number of oxime groups is 2. The van der Waals surface area contributed by atoms with E-state index in [2.05, 4.69) is 19.4 Å². The molecule has 0 spiro atoms. The summed E-state index contributed by atoms with van der Waals surface area (Å²) in [5, 5.41) is 29.6. The van der Waals surface area contributed by atoms with Gasteiger partial charge < -0.3 is 9.68 Å². The van der Waals surface area contributed by atoms with Gasteiger partial charge in [0.15, 0.2) is 37.9 Å². The first kappa shape index (κ1) is 28.5. The molecule has 2 aromatic carbocycles. The van der Waals surface area contributed by atoms with Crippen molar-refractivity contribution in [2.45, 2.75) is 32.7 Å². The maximum Gasteiger partial charge on any atom is 0.269 e. The molecule has 0 fully saturated rings. The van der Waals surface area contributed by atoms with Crippen molar-refractivity contribution in [3.63, 3.8) is 0 Å². The molecule has 0 atom stereocenters. The molecule has 41 heavy (non-hydrogen) atoms. The fourth-order valence-electron chi connectivity index (χ4n) is 3.78. The van der Waals surface area contributed by atoms with Gasteiger partial charge in [-0.2, -0.15) is 0 Å². The van der Waals surface area contributed by atoms with Crippen LogP contribution < -0.4 is 9.13 Å². The lowest BCUT2D eigenvalue weighted by molar-refractivity contribution is -0.726. The summed E-state index contributed by atoms with van der Waals surface area (Å²) in [5.41, 5.74) is 3.14. The number of pyridine rings is 2. The number of non-ortho nitro benzene ring substituents is 2. The normalized spacial score (nSPS) is 11.1. The fourth-order valence-corrected chi connectivity index (χ4v) is 3.78. The monoisotopic (exact) mass is 556 g/mol. The van der Waals surface area contributed by atoms with Crippen molar-refractivity contribution in [1.82, 2.24) is 0 Å². The Labute approximate surface area is 235 Å². The smallest absolute Gasteiger partial charge is 0.269 e. The van der Waals surface area contributed by atoms with Gasteiger partial charge in [-0.25, -0.2) is 9.13 Å². The van der Waals surface area contributed by atoms with Crippen molar-refractivity contribution >= 4 is 23.8 Å². The number of nitro groups is 2. The predicted octanol–water partition coefficient (Wildman–Crippen LogP) is 4.27. The van der Waals surface area contributed by atoms with Gasteiger partial charge in [0.2, 0.25) is 0 Å². The number of hydrogen-bond donors (Lipinski definition) is 0. The zero-order valence-electron chi connectivity index (χ0n) is 22.1. The van der Waals surface area contributed by atoms with E-state index in [9.17, 15) is 20.2 Å². The summed E-state index contributed by atoms with van der Waals surface area (Å²) in [5.74, 6) is 0. The molecule has 0 aliphatic carbocycles. The largest absolute Gasteiger partial charge is 0.391 e. The Morgan fingerprint density at radius 1 is 0.659 bits per heavy atom. The Morgan fingerprint density at radius 3 is 1.46 bits per heavy atom. The van der Waals surface area contributed by atoms with Crippen molar-refractivity contribution in [2.24, 2.45) is 10.3 Å². The van der Waals surface area contributed by atoms with Gasteiger partial charge in [0.1, 0.15) is 13.2 Å². The van der Waals surface area contributed by atoms with E-state index in [1.165, 1.54) is 24.3 Å². The lowest BCUT2D eigenvalue weighted by Crippen LogP contribution is -2.38. The van der Waals surface area contributed by atoms with E-state index < -0.39 is 9.85 Å². The highest BCUT2D eigenvalue weighted by Gasteiger charge is 2.08. The second-order valence-corrected chi connectivity index (χ2v) is 8.96. The topological polar surface area (TPSA) is 137 Å². The number of nitrogens with zero attached hydrogens (tertiary/aromatic N) is 6. The summed E-state index contributed by atoms with van der Waals surface area (Å²) in [6.45, 7) is 1.96. The minimum Gasteiger partial charge on any atom is -0.391 e. The first-order chi connectivity index (χ1) is 20.0. The Bertz CT molecular complexity index is 1410. The van der Waals surface area contributed by atoms with Crippen LogP contribution in [-0.4, -0.2) is 22.3 Å². The molecule has 0 unspecified atom stereocenters. The van der Waals surface area contributed by atoms with E-state index in [4.69, 9.17) is 9.68 Å². The first-order valence-corrected chi connectivity index (χ1v) is 12.7. The Kier molecular flexibility index (Phi) is 10.1. The van der Waals surface area contributed by atoms with Crippen LogP contribution in [0.5, 0.6) is 0 Å². The van der Waals surface area contributed by atoms with Gasteiger partial charge in [-0.3, -0.25) is 20.2 Å². The molecule has 12 heteroatoms. The van der Waals surface area contributed by atoms with E-state index in [1.54, 1.807) is 36.7 Å². The predicted molar refractivity (Wildman–Crippen MR) is 149 cm³/mol. The number of hydrogen-bond acceptors (Lipinski definition) is 8. The molecular formula is C29H28N6O6+2. The minimum atomic E-state index is -0.441. The van der Waals surface area contributed by atoms with Gasteiger partial charge in [-0.1, -0.05) is 34.6 Å². The fraction of sp³-hybridized carbons (Fsp3) is 0.172. The second kappa shape index (κ2) is 14.6. The van der Waals surface area contributed by atoms with Crippen LogP contribution in [0.15, 0.2) is 108 Å². The second-order valence-electron chi connectivity index (χ2n) is 8.96. The van der Waals surface area contributed by atoms with Crippen molar-refractivity contribution in [1.29, 1.82) is 0 Å². The Balaban J connectivity index is 1.15. The molecule has 0 saturated carbocycles. The zero-order valence-corrected chi connectivity index (χ0v) is 22.1. The maximum atomic E-state index is 10.9. The number of aromatic nitrogens is 2. The highest BCUT2D eigenvalue weighted by molar-refractivity contribution is 5.78. The van der Waals surface area contributed by atoms with Crippen LogP contribution in [0.3, 0.4) is 0 Å². The zero-order chi connectivity index (χ0) is 28.9. The molecule has 12 nitrogen and oxygen atoms in total. The van der Waals surface area contributed by atoms with Gasteiger partial charge in [0.25, 0.3) is 11.4 Å². The van der Waals surface area contributed by atoms with E-state index in [0.717, 1.165) is 30.6 Å². The highest BCUT2D eigenvalue weighted by atomic mass is 16.6. The van der Waals surface area contributed by atoms with Gasteiger partial charge in [-0.15, -0.1) is 0 Å². The van der Waals surface area contributed by atoms with Crippen molar-refractivity contribution in [3.8, 4) is 0 Å². The Hall–Kier alpha value is -5.52. The third kappa shape index (κ3) is 9.32. The third-order valence-corrected chi connectivity index (χ3v) is 5.92. The molecule has 0 amide bonds. The molecule has 0 saturated heterocycles. The molecule has 4 rings (SSSR count). The number of benzene rings is 2. The third-order valence-electron chi connectivity index (χ3n) is 5.92. The van der Waals surface area contributed by atoms with Crippen LogP contribution in [0.1, 0.15) is 28.7 Å². The molecule has 0 N–H and O–H groups in total.